The molecular weight excluding hydrogens is 261 g/mol. The van der Waals surface area contributed by atoms with E-state index in [9.17, 15) is 4.39 Å². The second-order valence-corrected chi connectivity index (χ2v) is 5.00. The Morgan fingerprint density at radius 1 is 1.50 bits per heavy atom. The van der Waals surface area contributed by atoms with Gasteiger partial charge in [0, 0.05) is 30.4 Å². The normalized spacial score (nSPS) is 19.6. The van der Waals surface area contributed by atoms with E-state index in [1.807, 2.05) is 0 Å². The van der Waals surface area contributed by atoms with Crippen molar-refractivity contribution in [3.05, 3.63) is 29.6 Å². The van der Waals surface area contributed by atoms with Crippen LogP contribution in [0, 0.1) is 5.82 Å². The third kappa shape index (κ3) is 3.01. The lowest BCUT2D eigenvalue weighted by atomic mass is 10.1. The molecular formula is C14H20FN3O2. The zero-order valence-electron chi connectivity index (χ0n) is 11.3. The molecule has 20 heavy (non-hydrogen) atoms. The molecule has 1 unspecified atom stereocenters. The number of anilines is 1. The molecule has 1 aliphatic heterocycles. The van der Waals surface area contributed by atoms with Gasteiger partial charge in [-0.05, 0) is 43.9 Å². The second-order valence-electron chi connectivity index (χ2n) is 5.00. The molecule has 0 saturated carbocycles. The molecule has 1 saturated heterocycles. The van der Waals surface area contributed by atoms with Crippen LogP contribution in [0.1, 0.15) is 31.2 Å². The number of aliphatic hydroxyl groups excluding tert-OH is 1. The fourth-order valence-corrected chi connectivity index (χ4v) is 2.80. The van der Waals surface area contributed by atoms with Crippen molar-refractivity contribution in [2.75, 3.05) is 18.1 Å². The van der Waals surface area contributed by atoms with Crippen LogP contribution in [0.15, 0.2) is 23.4 Å². The van der Waals surface area contributed by atoms with Gasteiger partial charge in [0.15, 0.2) is 5.84 Å². The Bertz CT molecular complexity index is 493. The van der Waals surface area contributed by atoms with Gasteiger partial charge in [0.2, 0.25) is 0 Å². The topological polar surface area (TPSA) is 82.1 Å². The predicted molar refractivity (Wildman–Crippen MR) is 75.6 cm³/mol. The Morgan fingerprint density at radius 3 is 3.00 bits per heavy atom. The van der Waals surface area contributed by atoms with E-state index in [0.29, 0.717) is 11.6 Å². The van der Waals surface area contributed by atoms with Gasteiger partial charge in [0.05, 0.1) is 0 Å². The number of rotatable bonds is 5. The summed E-state index contributed by atoms with van der Waals surface area (Å²) in [6.45, 7) is 1.02. The standard InChI is InChI=1S/C14H20FN3O2/c15-10-5-6-13(12(9-10)14(16)17-20)18-7-1-3-11(18)4-2-8-19/h5-6,9,11,19-20H,1-4,7-8H2,(H2,16,17). The molecule has 1 heterocycles. The molecule has 0 bridgehead atoms. The molecule has 1 fully saturated rings. The minimum Gasteiger partial charge on any atom is -0.409 e. The van der Waals surface area contributed by atoms with Gasteiger partial charge in [-0.3, -0.25) is 0 Å². The molecule has 4 N–H and O–H groups in total. The van der Waals surface area contributed by atoms with Gasteiger partial charge in [0.25, 0.3) is 0 Å². The monoisotopic (exact) mass is 281 g/mol. The fraction of sp³-hybridized carbons (Fsp3) is 0.500. The number of nitrogens with zero attached hydrogens (tertiary/aromatic N) is 2. The Labute approximate surface area is 117 Å². The molecule has 5 nitrogen and oxygen atoms in total. The first-order valence-electron chi connectivity index (χ1n) is 6.82. The van der Waals surface area contributed by atoms with Gasteiger partial charge in [-0.2, -0.15) is 0 Å². The van der Waals surface area contributed by atoms with Crippen LogP contribution in [-0.4, -0.2) is 35.3 Å². The zero-order chi connectivity index (χ0) is 14.5. The van der Waals surface area contributed by atoms with E-state index in [1.54, 1.807) is 6.07 Å². The first-order valence-corrected chi connectivity index (χ1v) is 6.82. The number of oxime groups is 1. The van der Waals surface area contributed by atoms with Gasteiger partial charge in [0.1, 0.15) is 5.82 Å². The van der Waals surface area contributed by atoms with Crippen LogP contribution < -0.4 is 10.6 Å². The molecule has 2 rings (SSSR count). The number of halogens is 1. The highest BCUT2D eigenvalue weighted by Gasteiger charge is 2.26. The molecule has 0 amide bonds. The maximum Gasteiger partial charge on any atom is 0.172 e. The summed E-state index contributed by atoms with van der Waals surface area (Å²) in [5.74, 6) is -0.506. The molecule has 0 spiro atoms. The minimum absolute atomic E-state index is 0.0905. The second kappa shape index (κ2) is 6.56. The summed E-state index contributed by atoms with van der Waals surface area (Å²) in [4.78, 5) is 2.16. The predicted octanol–water partition coefficient (Wildman–Crippen LogP) is 1.66. The number of nitrogens with two attached hydrogens (primary N) is 1. The maximum absolute atomic E-state index is 13.4. The molecule has 0 radical (unpaired) electrons. The van der Waals surface area contributed by atoms with Crippen LogP contribution in [0.25, 0.3) is 0 Å². The van der Waals surface area contributed by atoms with Gasteiger partial charge >= 0.3 is 0 Å². The number of aliphatic hydroxyl groups is 1. The first kappa shape index (κ1) is 14.6. The van der Waals surface area contributed by atoms with Crippen molar-refractivity contribution in [3.63, 3.8) is 0 Å². The largest absolute Gasteiger partial charge is 0.409 e. The van der Waals surface area contributed by atoms with E-state index < -0.39 is 5.82 Å². The molecule has 1 aromatic rings. The SMILES string of the molecule is NC(=NO)c1cc(F)ccc1N1CCCC1CCCO. The van der Waals surface area contributed by atoms with Crippen molar-refractivity contribution in [3.8, 4) is 0 Å². The fourth-order valence-electron chi connectivity index (χ4n) is 2.80. The van der Waals surface area contributed by atoms with Crippen molar-refractivity contribution in [2.24, 2.45) is 10.9 Å². The van der Waals surface area contributed by atoms with E-state index in [2.05, 4.69) is 10.1 Å². The summed E-state index contributed by atoms with van der Waals surface area (Å²) >= 11 is 0. The third-order valence-electron chi connectivity index (χ3n) is 3.72. The Balaban J connectivity index is 2.31. The summed E-state index contributed by atoms with van der Waals surface area (Å²) in [5, 5.41) is 20.8. The smallest absolute Gasteiger partial charge is 0.172 e. The van der Waals surface area contributed by atoms with Crippen molar-refractivity contribution in [1.29, 1.82) is 0 Å². The molecule has 6 heteroatoms. The summed E-state index contributed by atoms with van der Waals surface area (Å²) in [5.41, 5.74) is 6.83. The number of amidine groups is 1. The highest BCUT2D eigenvalue weighted by Crippen LogP contribution is 2.31. The van der Waals surface area contributed by atoms with E-state index in [-0.39, 0.29) is 12.4 Å². The minimum atomic E-state index is -0.415. The van der Waals surface area contributed by atoms with E-state index >= 15 is 0 Å². The average Bonchev–Trinajstić information content (AvgIpc) is 2.92. The van der Waals surface area contributed by atoms with E-state index in [1.165, 1.54) is 12.1 Å². The Hall–Kier alpha value is -1.82. The average molecular weight is 281 g/mol. The lowest BCUT2D eigenvalue weighted by Gasteiger charge is -2.28. The highest BCUT2D eigenvalue weighted by molar-refractivity contribution is 6.02. The van der Waals surface area contributed by atoms with Crippen molar-refractivity contribution in [2.45, 2.75) is 31.7 Å². The Morgan fingerprint density at radius 2 is 2.30 bits per heavy atom. The van der Waals surface area contributed by atoms with Crippen LogP contribution in [0.2, 0.25) is 0 Å². The van der Waals surface area contributed by atoms with Crippen LogP contribution in [-0.2, 0) is 0 Å². The van der Waals surface area contributed by atoms with E-state index in [0.717, 1.165) is 37.9 Å². The molecule has 0 aliphatic carbocycles. The van der Waals surface area contributed by atoms with Crippen LogP contribution in [0.3, 0.4) is 0 Å². The lowest BCUT2D eigenvalue weighted by Crippen LogP contribution is -2.31. The third-order valence-corrected chi connectivity index (χ3v) is 3.72. The van der Waals surface area contributed by atoms with E-state index in [4.69, 9.17) is 16.0 Å². The molecule has 1 aromatic carbocycles. The van der Waals surface area contributed by atoms with Crippen LogP contribution >= 0.6 is 0 Å². The number of hydrogen-bond donors (Lipinski definition) is 3. The van der Waals surface area contributed by atoms with Crippen molar-refractivity contribution < 1.29 is 14.7 Å². The highest BCUT2D eigenvalue weighted by atomic mass is 19.1. The lowest BCUT2D eigenvalue weighted by molar-refractivity contribution is 0.279. The van der Waals surface area contributed by atoms with Gasteiger partial charge in [-0.1, -0.05) is 5.16 Å². The molecule has 0 aromatic heterocycles. The van der Waals surface area contributed by atoms with Gasteiger partial charge < -0.3 is 20.9 Å². The quantitative estimate of drug-likeness (QED) is 0.332. The molecule has 1 aliphatic rings. The van der Waals surface area contributed by atoms with Crippen molar-refractivity contribution >= 4 is 11.5 Å². The van der Waals surface area contributed by atoms with Gasteiger partial charge in [-0.25, -0.2) is 4.39 Å². The Kier molecular flexibility index (Phi) is 4.79. The zero-order valence-corrected chi connectivity index (χ0v) is 11.3. The maximum atomic E-state index is 13.4. The van der Waals surface area contributed by atoms with Crippen molar-refractivity contribution in [1.82, 2.24) is 0 Å². The first-order chi connectivity index (χ1) is 9.67. The molecule has 1 atom stereocenters. The molecule has 110 valence electrons. The summed E-state index contributed by atoms with van der Waals surface area (Å²) in [6, 6.07) is 4.63. The number of hydrogen-bond acceptors (Lipinski definition) is 4. The van der Waals surface area contributed by atoms with Crippen LogP contribution in [0.5, 0.6) is 0 Å². The summed E-state index contributed by atoms with van der Waals surface area (Å²) in [7, 11) is 0. The number of benzene rings is 1. The van der Waals surface area contributed by atoms with Gasteiger partial charge in [-0.15, -0.1) is 0 Å². The van der Waals surface area contributed by atoms with Crippen LogP contribution in [0.4, 0.5) is 10.1 Å². The summed E-state index contributed by atoms with van der Waals surface area (Å²) in [6.07, 6.45) is 3.70. The summed E-state index contributed by atoms with van der Waals surface area (Å²) < 4.78 is 13.4.